The molecular weight excluding hydrogens is 234 g/mol. The van der Waals surface area contributed by atoms with Crippen molar-refractivity contribution in [2.24, 2.45) is 5.41 Å². The minimum atomic E-state index is 0.349. The lowest BCUT2D eigenvalue weighted by molar-refractivity contribution is 0.0957. The first-order valence-electron chi connectivity index (χ1n) is 7.38. The maximum atomic E-state index is 5.81. The zero-order chi connectivity index (χ0) is 14.1. The van der Waals surface area contributed by atoms with Crippen molar-refractivity contribution < 1.29 is 4.74 Å². The molecule has 0 saturated heterocycles. The first-order valence-corrected chi connectivity index (χ1v) is 7.38. The van der Waals surface area contributed by atoms with E-state index in [0.717, 1.165) is 32.7 Å². The van der Waals surface area contributed by atoms with Gasteiger partial charge in [-0.15, -0.1) is 0 Å². The fourth-order valence-corrected chi connectivity index (χ4v) is 1.83. The summed E-state index contributed by atoms with van der Waals surface area (Å²) in [5.74, 6) is 0. The van der Waals surface area contributed by atoms with E-state index in [1.54, 1.807) is 0 Å². The van der Waals surface area contributed by atoms with Gasteiger partial charge in [0.25, 0.3) is 0 Å². The Bertz CT molecular complexity index is 355. The van der Waals surface area contributed by atoms with E-state index in [0.29, 0.717) is 5.41 Å². The molecule has 19 heavy (non-hydrogen) atoms. The molecule has 0 unspecified atom stereocenters. The fraction of sp³-hybridized carbons (Fsp3) is 0.647. The molecule has 108 valence electrons. The second-order valence-corrected chi connectivity index (χ2v) is 6.31. The predicted octanol–water partition coefficient (Wildman–Crippen LogP) is 4.14. The first kappa shape index (κ1) is 16.2. The largest absolute Gasteiger partial charge is 0.377 e. The summed E-state index contributed by atoms with van der Waals surface area (Å²) in [7, 11) is 0. The average Bonchev–Trinajstić information content (AvgIpc) is 2.35. The molecule has 0 atom stereocenters. The van der Waals surface area contributed by atoms with Gasteiger partial charge in [0.2, 0.25) is 0 Å². The van der Waals surface area contributed by atoms with Crippen molar-refractivity contribution in [3.8, 4) is 0 Å². The topological polar surface area (TPSA) is 21.3 Å². The predicted molar refractivity (Wildman–Crippen MR) is 82.2 cm³/mol. The van der Waals surface area contributed by atoms with Crippen LogP contribution in [0.5, 0.6) is 0 Å². The van der Waals surface area contributed by atoms with Crippen LogP contribution in [0.15, 0.2) is 24.3 Å². The Morgan fingerprint density at radius 1 is 1.11 bits per heavy atom. The molecule has 0 aromatic heterocycles. The minimum Gasteiger partial charge on any atom is -0.377 e. The molecule has 1 aromatic carbocycles. The molecule has 1 rings (SSSR count). The summed E-state index contributed by atoms with van der Waals surface area (Å²) in [6.07, 6.45) is 2.27. The zero-order valence-electron chi connectivity index (χ0n) is 13.0. The molecule has 0 radical (unpaired) electrons. The summed E-state index contributed by atoms with van der Waals surface area (Å²) in [4.78, 5) is 0. The molecule has 0 aliphatic carbocycles. The van der Waals surface area contributed by atoms with Gasteiger partial charge in [-0.05, 0) is 35.9 Å². The van der Waals surface area contributed by atoms with Gasteiger partial charge in [0.15, 0.2) is 0 Å². The van der Waals surface area contributed by atoms with E-state index in [-0.39, 0.29) is 0 Å². The third-order valence-corrected chi connectivity index (χ3v) is 3.11. The molecule has 0 bridgehead atoms. The summed E-state index contributed by atoms with van der Waals surface area (Å²) < 4.78 is 5.81. The summed E-state index contributed by atoms with van der Waals surface area (Å²) in [5, 5.41) is 3.45. The first-order chi connectivity index (χ1) is 9.03. The zero-order valence-corrected chi connectivity index (χ0v) is 13.0. The highest BCUT2D eigenvalue weighted by atomic mass is 16.5. The molecule has 0 amide bonds. The van der Waals surface area contributed by atoms with Gasteiger partial charge in [0.05, 0.1) is 6.61 Å². The van der Waals surface area contributed by atoms with E-state index < -0.39 is 0 Å². The van der Waals surface area contributed by atoms with Crippen LogP contribution < -0.4 is 5.32 Å². The molecule has 0 aliphatic heterocycles. The van der Waals surface area contributed by atoms with Gasteiger partial charge in [-0.2, -0.15) is 0 Å². The summed E-state index contributed by atoms with van der Waals surface area (Å²) in [6, 6.07) is 8.54. The van der Waals surface area contributed by atoms with Crippen LogP contribution in [0.3, 0.4) is 0 Å². The summed E-state index contributed by atoms with van der Waals surface area (Å²) in [6.45, 7) is 12.5. The number of nitrogens with one attached hydrogen (secondary N) is 1. The lowest BCUT2D eigenvalue weighted by Crippen LogP contribution is -2.15. The monoisotopic (exact) mass is 263 g/mol. The van der Waals surface area contributed by atoms with Gasteiger partial charge in [0, 0.05) is 13.2 Å². The molecule has 0 fully saturated rings. The third kappa shape index (κ3) is 7.34. The third-order valence-electron chi connectivity index (χ3n) is 3.11. The Balaban J connectivity index is 2.39. The second-order valence-electron chi connectivity index (χ2n) is 6.31. The number of hydrogen-bond donors (Lipinski definition) is 1. The van der Waals surface area contributed by atoms with E-state index in [1.165, 1.54) is 17.5 Å². The van der Waals surface area contributed by atoms with Crippen molar-refractivity contribution in [1.29, 1.82) is 0 Å². The van der Waals surface area contributed by atoms with Crippen LogP contribution in [-0.2, 0) is 17.9 Å². The van der Waals surface area contributed by atoms with Crippen LogP contribution in [0.1, 0.15) is 51.7 Å². The van der Waals surface area contributed by atoms with Crippen molar-refractivity contribution in [3.05, 3.63) is 35.4 Å². The Morgan fingerprint density at radius 2 is 1.79 bits per heavy atom. The van der Waals surface area contributed by atoms with Crippen LogP contribution in [0.2, 0.25) is 0 Å². The van der Waals surface area contributed by atoms with Gasteiger partial charge < -0.3 is 10.1 Å². The van der Waals surface area contributed by atoms with Crippen molar-refractivity contribution in [2.45, 2.75) is 53.7 Å². The molecule has 2 nitrogen and oxygen atoms in total. The molecule has 1 N–H and O–H groups in total. The number of ether oxygens (including phenoxy) is 1. The van der Waals surface area contributed by atoms with Crippen LogP contribution in [0.4, 0.5) is 0 Å². The van der Waals surface area contributed by atoms with E-state index in [2.05, 4.69) is 57.3 Å². The Kier molecular flexibility index (Phi) is 7.11. The standard InChI is InChI=1S/C17H29NO/c1-5-11-18-13-15-8-6-7-9-16(15)14-19-12-10-17(2,3)4/h6-9,18H,5,10-14H2,1-4H3. The molecule has 0 heterocycles. The SMILES string of the molecule is CCCNCc1ccccc1COCCC(C)(C)C. The van der Waals surface area contributed by atoms with E-state index in [4.69, 9.17) is 4.74 Å². The maximum Gasteiger partial charge on any atom is 0.0720 e. The van der Waals surface area contributed by atoms with Gasteiger partial charge in [-0.3, -0.25) is 0 Å². The second kappa shape index (κ2) is 8.34. The van der Waals surface area contributed by atoms with Crippen LogP contribution in [0, 0.1) is 5.41 Å². The highest BCUT2D eigenvalue weighted by Gasteiger charge is 2.09. The maximum absolute atomic E-state index is 5.81. The molecule has 0 spiro atoms. The Hall–Kier alpha value is -0.860. The molecule has 1 aromatic rings. The molecule has 2 heteroatoms. The Morgan fingerprint density at radius 3 is 2.42 bits per heavy atom. The van der Waals surface area contributed by atoms with Crippen molar-refractivity contribution in [2.75, 3.05) is 13.2 Å². The van der Waals surface area contributed by atoms with Gasteiger partial charge in [-0.1, -0.05) is 52.0 Å². The van der Waals surface area contributed by atoms with Gasteiger partial charge in [0.1, 0.15) is 0 Å². The fourth-order valence-electron chi connectivity index (χ4n) is 1.83. The highest BCUT2D eigenvalue weighted by molar-refractivity contribution is 5.26. The lowest BCUT2D eigenvalue weighted by atomic mass is 9.93. The quantitative estimate of drug-likeness (QED) is 0.712. The van der Waals surface area contributed by atoms with Crippen LogP contribution in [-0.4, -0.2) is 13.2 Å². The number of benzene rings is 1. The van der Waals surface area contributed by atoms with Crippen LogP contribution >= 0.6 is 0 Å². The summed E-state index contributed by atoms with van der Waals surface area (Å²) >= 11 is 0. The van der Waals surface area contributed by atoms with Crippen LogP contribution in [0.25, 0.3) is 0 Å². The van der Waals surface area contributed by atoms with Crippen molar-refractivity contribution >= 4 is 0 Å². The van der Waals surface area contributed by atoms with Gasteiger partial charge >= 0.3 is 0 Å². The molecule has 0 saturated carbocycles. The number of rotatable bonds is 8. The van der Waals surface area contributed by atoms with Gasteiger partial charge in [-0.25, -0.2) is 0 Å². The average molecular weight is 263 g/mol. The smallest absolute Gasteiger partial charge is 0.0720 e. The van der Waals surface area contributed by atoms with Crippen molar-refractivity contribution in [3.63, 3.8) is 0 Å². The van der Waals surface area contributed by atoms with Crippen molar-refractivity contribution in [1.82, 2.24) is 5.32 Å². The van der Waals surface area contributed by atoms with E-state index in [1.807, 2.05) is 0 Å². The summed E-state index contributed by atoms with van der Waals surface area (Å²) in [5.41, 5.74) is 3.01. The highest BCUT2D eigenvalue weighted by Crippen LogP contribution is 2.18. The Labute approximate surface area is 118 Å². The lowest BCUT2D eigenvalue weighted by Gasteiger charge is -2.18. The minimum absolute atomic E-state index is 0.349. The normalized spacial score (nSPS) is 11.8. The van der Waals surface area contributed by atoms with E-state index in [9.17, 15) is 0 Å². The molecule has 0 aliphatic rings. The molecular formula is C17H29NO. The number of hydrogen-bond acceptors (Lipinski definition) is 2. The van der Waals surface area contributed by atoms with E-state index >= 15 is 0 Å².